The molecule has 1 aliphatic heterocycles. The normalized spacial score (nSPS) is 24.0. The summed E-state index contributed by atoms with van der Waals surface area (Å²) in [5.74, 6) is 0.0693. The van der Waals surface area contributed by atoms with Crippen molar-refractivity contribution in [3.63, 3.8) is 0 Å². The number of halogens is 1. The minimum atomic E-state index is -2.88. The molecule has 0 spiro atoms. The third-order valence-electron chi connectivity index (χ3n) is 3.18. The number of pyridine rings is 1. The molecule has 1 N–H and O–H groups in total. The van der Waals surface area contributed by atoms with Crippen LogP contribution in [0.4, 0.5) is 4.39 Å². The Morgan fingerprint density at radius 1 is 1.56 bits per heavy atom. The van der Waals surface area contributed by atoms with Crippen molar-refractivity contribution in [2.45, 2.75) is 31.8 Å². The highest BCUT2D eigenvalue weighted by Crippen LogP contribution is 2.19. The average Bonchev–Trinajstić information content (AvgIpc) is 2.67. The van der Waals surface area contributed by atoms with E-state index in [1.165, 1.54) is 12.3 Å². The maximum Gasteiger partial charge on any atom is 0.151 e. The van der Waals surface area contributed by atoms with Crippen LogP contribution in [0.15, 0.2) is 18.3 Å². The fourth-order valence-corrected chi connectivity index (χ4v) is 3.90. The standard InChI is InChI=1S/C12H17FN2O2S/c1-2-11(12-4-3-9(13)7-14-12)15-10-5-6-18(16,17)8-10/h3-4,7,10-11,15H,2,5-6,8H2,1H3. The number of hydrogen-bond donors (Lipinski definition) is 1. The van der Waals surface area contributed by atoms with Gasteiger partial charge in [0, 0.05) is 12.1 Å². The Hall–Kier alpha value is -1.01. The molecule has 0 amide bonds. The molecule has 1 aromatic rings. The molecule has 1 fully saturated rings. The van der Waals surface area contributed by atoms with Gasteiger partial charge >= 0.3 is 0 Å². The maximum atomic E-state index is 12.8. The van der Waals surface area contributed by atoms with Crippen molar-refractivity contribution in [2.24, 2.45) is 0 Å². The summed E-state index contributed by atoms with van der Waals surface area (Å²) in [6, 6.07) is 2.97. The number of sulfone groups is 1. The van der Waals surface area contributed by atoms with Crippen molar-refractivity contribution in [3.8, 4) is 0 Å². The van der Waals surface area contributed by atoms with Crippen LogP contribution >= 0.6 is 0 Å². The van der Waals surface area contributed by atoms with Gasteiger partial charge in [-0.2, -0.15) is 0 Å². The maximum absolute atomic E-state index is 12.8. The van der Waals surface area contributed by atoms with Crippen LogP contribution in [0.3, 0.4) is 0 Å². The summed E-state index contributed by atoms with van der Waals surface area (Å²) < 4.78 is 35.6. The molecule has 100 valence electrons. The Kier molecular flexibility index (Phi) is 3.97. The fraction of sp³-hybridized carbons (Fsp3) is 0.583. The minimum absolute atomic E-state index is 0.0215. The van der Waals surface area contributed by atoms with E-state index in [-0.39, 0.29) is 29.4 Å². The van der Waals surface area contributed by atoms with E-state index in [0.29, 0.717) is 6.42 Å². The first-order valence-corrected chi connectivity index (χ1v) is 7.90. The molecular weight excluding hydrogens is 255 g/mol. The molecule has 0 saturated carbocycles. The topological polar surface area (TPSA) is 59.1 Å². The van der Waals surface area contributed by atoms with E-state index < -0.39 is 9.84 Å². The molecule has 0 aromatic carbocycles. The lowest BCUT2D eigenvalue weighted by Crippen LogP contribution is -2.33. The molecule has 0 aliphatic carbocycles. The lowest BCUT2D eigenvalue weighted by Gasteiger charge is -2.20. The van der Waals surface area contributed by atoms with E-state index in [1.807, 2.05) is 6.92 Å². The second-order valence-electron chi connectivity index (χ2n) is 4.63. The number of rotatable bonds is 4. The molecule has 18 heavy (non-hydrogen) atoms. The first-order valence-electron chi connectivity index (χ1n) is 6.08. The molecule has 6 heteroatoms. The van der Waals surface area contributed by atoms with Crippen molar-refractivity contribution >= 4 is 9.84 Å². The SMILES string of the molecule is CCC(NC1CCS(=O)(=O)C1)c1ccc(F)cn1. The fourth-order valence-electron chi connectivity index (χ4n) is 2.22. The van der Waals surface area contributed by atoms with E-state index in [0.717, 1.165) is 12.1 Å². The number of nitrogens with one attached hydrogen (secondary N) is 1. The van der Waals surface area contributed by atoms with Gasteiger partial charge in [0.05, 0.1) is 23.4 Å². The summed E-state index contributed by atoms with van der Waals surface area (Å²) in [5, 5.41) is 3.29. The van der Waals surface area contributed by atoms with Crippen molar-refractivity contribution < 1.29 is 12.8 Å². The van der Waals surface area contributed by atoms with E-state index in [4.69, 9.17) is 0 Å². The Bertz CT molecular complexity index is 501. The summed E-state index contributed by atoms with van der Waals surface area (Å²) in [6.45, 7) is 1.99. The Morgan fingerprint density at radius 2 is 2.33 bits per heavy atom. The number of hydrogen-bond acceptors (Lipinski definition) is 4. The molecule has 1 aromatic heterocycles. The number of nitrogens with zero attached hydrogens (tertiary/aromatic N) is 1. The van der Waals surface area contributed by atoms with Gasteiger partial charge in [0.2, 0.25) is 0 Å². The van der Waals surface area contributed by atoms with Gasteiger partial charge < -0.3 is 5.32 Å². The zero-order valence-corrected chi connectivity index (χ0v) is 11.1. The van der Waals surface area contributed by atoms with Crippen molar-refractivity contribution in [3.05, 3.63) is 29.8 Å². The summed E-state index contributed by atoms with van der Waals surface area (Å²) in [6.07, 6.45) is 2.61. The molecular formula is C12H17FN2O2S. The van der Waals surface area contributed by atoms with Gasteiger partial charge in [-0.1, -0.05) is 6.92 Å². The smallest absolute Gasteiger partial charge is 0.151 e. The summed E-state index contributed by atoms with van der Waals surface area (Å²) in [7, 11) is -2.88. The lowest BCUT2D eigenvalue weighted by atomic mass is 10.1. The highest BCUT2D eigenvalue weighted by Gasteiger charge is 2.29. The summed E-state index contributed by atoms with van der Waals surface area (Å²) >= 11 is 0. The highest BCUT2D eigenvalue weighted by atomic mass is 32.2. The molecule has 2 atom stereocenters. The molecule has 4 nitrogen and oxygen atoms in total. The van der Waals surface area contributed by atoms with Crippen molar-refractivity contribution in [1.29, 1.82) is 0 Å². The lowest BCUT2D eigenvalue weighted by molar-refractivity contribution is 0.441. The van der Waals surface area contributed by atoms with Crippen LogP contribution in [0.25, 0.3) is 0 Å². The zero-order chi connectivity index (χ0) is 13.2. The second kappa shape index (κ2) is 5.32. The van der Waals surface area contributed by atoms with Gasteiger partial charge in [-0.25, -0.2) is 12.8 Å². The second-order valence-corrected chi connectivity index (χ2v) is 6.86. The van der Waals surface area contributed by atoms with Gasteiger partial charge in [0.15, 0.2) is 9.84 Å². The summed E-state index contributed by atoms with van der Waals surface area (Å²) in [4.78, 5) is 4.04. The first-order chi connectivity index (χ1) is 8.50. The van der Waals surface area contributed by atoms with E-state index in [2.05, 4.69) is 10.3 Å². The Balaban J connectivity index is 2.04. The zero-order valence-electron chi connectivity index (χ0n) is 10.3. The monoisotopic (exact) mass is 272 g/mol. The van der Waals surface area contributed by atoms with E-state index in [9.17, 15) is 12.8 Å². The number of aromatic nitrogens is 1. The van der Waals surface area contributed by atoms with Crippen LogP contribution in [0, 0.1) is 5.82 Å². The average molecular weight is 272 g/mol. The molecule has 1 aliphatic rings. The van der Waals surface area contributed by atoms with E-state index >= 15 is 0 Å². The molecule has 2 unspecified atom stereocenters. The largest absolute Gasteiger partial charge is 0.305 e. The van der Waals surface area contributed by atoms with Crippen LogP contribution < -0.4 is 5.32 Å². The Labute approximate surface area is 107 Å². The van der Waals surface area contributed by atoms with Crippen LogP contribution in [0.1, 0.15) is 31.5 Å². The highest BCUT2D eigenvalue weighted by molar-refractivity contribution is 7.91. The third kappa shape index (κ3) is 3.26. The quantitative estimate of drug-likeness (QED) is 0.901. The minimum Gasteiger partial charge on any atom is -0.305 e. The molecule has 0 radical (unpaired) electrons. The van der Waals surface area contributed by atoms with Gasteiger partial charge in [-0.05, 0) is 25.0 Å². The van der Waals surface area contributed by atoms with Crippen LogP contribution in [0.2, 0.25) is 0 Å². The van der Waals surface area contributed by atoms with Crippen LogP contribution in [-0.2, 0) is 9.84 Å². The van der Waals surface area contributed by atoms with Crippen molar-refractivity contribution in [1.82, 2.24) is 10.3 Å². The third-order valence-corrected chi connectivity index (χ3v) is 4.95. The molecule has 2 heterocycles. The van der Waals surface area contributed by atoms with Crippen molar-refractivity contribution in [2.75, 3.05) is 11.5 Å². The van der Waals surface area contributed by atoms with E-state index in [1.54, 1.807) is 6.07 Å². The molecule has 2 rings (SSSR count). The van der Waals surface area contributed by atoms with Gasteiger partial charge in [-0.3, -0.25) is 4.98 Å². The first kappa shape index (κ1) is 13.4. The van der Waals surface area contributed by atoms with Crippen LogP contribution in [0.5, 0.6) is 0 Å². The molecule has 0 bridgehead atoms. The van der Waals surface area contributed by atoms with Gasteiger partial charge in [-0.15, -0.1) is 0 Å². The molecule has 1 saturated heterocycles. The Morgan fingerprint density at radius 3 is 2.83 bits per heavy atom. The summed E-state index contributed by atoms with van der Waals surface area (Å²) in [5.41, 5.74) is 0.753. The predicted octanol–water partition coefficient (Wildman–Crippen LogP) is 1.45. The van der Waals surface area contributed by atoms with Gasteiger partial charge in [0.25, 0.3) is 0 Å². The van der Waals surface area contributed by atoms with Gasteiger partial charge in [0.1, 0.15) is 5.82 Å². The predicted molar refractivity (Wildman–Crippen MR) is 67.4 cm³/mol. The van der Waals surface area contributed by atoms with Crippen LogP contribution in [-0.4, -0.2) is 30.9 Å².